The summed E-state index contributed by atoms with van der Waals surface area (Å²) in [5.41, 5.74) is 0.338. The second-order valence-electron chi connectivity index (χ2n) is 6.54. The van der Waals surface area contributed by atoms with Gasteiger partial charge in [0.15, 0.2) is 0 Å². The number of ether oxygens (including phenoxy) is 1. The van der Waals surface area contributed by atoms with Crippen molar-refractivity contribution in [3.8, 4) is 0 Å². The maximum Gasteiger partial charge on any atom is 0.251 e. The lowest BCUT2D eigenvalue weighted by molar-refractivity contribution is 0.0937. The number of carbonyl (C=O) groups is 1. The van der Waals surface area contributed by atoms with Crippen LogP contribution in [0.4, 0.5) is 0 Å². The van der Waals surface area contributed by atoms with Crippen LogP contribution in [0.5, 0.6) is 0 Å². The average Bonchev–Trinajstić information content (AvgIpc) is 2.54. The van der Waals surface area contributed by atoms with E-state index in [1.54, 1.807) is 25.3 Å². The van der Waals surface area contributed by atoms with Crippen LogP contribution in [0, 0.1) is 11.8 Å². The number of sulfonamides is 1. The van der Waals surface area contributed by atoms with Crippen LogP contribution in [0.1, 0.15) is 30.6 Å². The maximum atomic E-state index is 12.9. The standard InChI is InChI=1S/C17H26N2O4S/c1-13-9-14(2)12-19(11-13)24(21,22)16-6-4-5-15(10-16)17(20)18-7-8-23-3/h4-6,10,13-14H,7-9,11-12H2,1-3H3,(H,18,20). The van der Waals surface area contributed by atoms with Gasteiger partial charge in [0.1, 0.15) is 0 Å². The molecule has 6 nitrogen and oxygen atoms in total. The summed E-state index contributed by atoms with van der Waals surface area (Å²) >= 11 is 0. The third kappa shape index (κ3) is 4.55. The Morgan fingerprint density at radius 2 is 1.96 bits per heavy atom. The molecule has 1 heterocycles. The molecule has 0 aliphatic carbocycles. The van der Waals surface area contributed by atoms with Gasteiger partial charge in [0.2, 0.25) is 10.0 Å². The molecule has 7 heteroatoms. The zero-order valence-corrected chi connectivity index (χ0v) is 15.3. The maximum absolute atomic E-state index is 12.9. The Balaban J connectivity index is 2.18. The van der Waals surface area contributed by atoms with E-state index in [0.717, 1.165) is 6.42 Å². The molecule has 134 valence electrons. The van der Waals surface area contributed by atoms with Gasteiger partial charge >= 0.3 is 0 Å². The van der Waals surface area contributed by atoms with Crippen molar-refractivity contribution in [2.24, 2.45) is 11.8 Å². The Morgan fingerprint density at radius 3 is 2.58 bits per heavy atom. The monoisotopic (exact) mass is 354 g/mol. The Bertz CT molecular complexity index is 665. The summed E-state index contributed by atoms with van der Waals surface area (Å²) in [6.07, 6.45) is 1.04. The van der Waals surface area contributed by atoms with Crippen molar-refractivity contribution in [1.82, 2.24) is 9.62 Å². The van der Waals surface area contributed by atoms with Crippen LogP contribution in [0.2, 0.25) is 0 Å². The number of amides is 1. The van der Waals surface area contributed by atoms with E-state index in [0.29, 0.717) is 43.6 Å². The summed E-state index contributed by atoms with van der Waals surface area (Å²) < 4.78 is 32.2. The molecule has 1 aliphatic rings. The quantitative estimate of drug-likeness (QED) is 0.790. The molecule has 1 saturated heterocycles. The van der Waals surface area contributed by atoms with Crippen molar-refractivity contribution in [2.45, 2.75) is 25.2 Å². The van der Waals surface area contributed by atoms with Crippen LogP contribution in [-0.4, -0.2) is 52.0 Å². The second-order valence-corrected chi connectivity index (χ2v) is 8.48. The van der Waals surface area contributed by atoms with E-state index in [1.807, 2.05) is 0 Å². The highest BCUT2D eigenvalue weighted by atomic mass is 32.2. The lowest BCUT2D eigenvalue weighted by Crippen LogP contribution is -2.42. The highest BCUT2D eigenvalue weighted by Gasteiger charge is 2.31. The van der Waals surface area contributed by atoms with Crippen molar-refractivity contribution in [2.75, 3.05) is 33.4 Å². The van der Waals surface area contributed by atoms with E-state index in [1.165, 1.54) is 10.4 Å². The topological polar surface area (TPSA) is 75.7 Å². The van der Waals surface area contributed by atoms with Gasteiger partial charge in [0, 0.05) is 32.3 Å². The average molecular weight is 354 g/mol. The van der Waals surface area contributed by atoms with E-state index >= 15 is 0 Å². The van der Waals surface area contributed by atoms with Crippen molar-refractivity contribution >= 4 is 15.9 Å². The number of hydrogen-bond donors (Lipinski definition) is 1. The van der Waals surface area contributed by atoms with Gasteiger partial charge in [-0.05, 0) is 36.5 Å². The zero-order valence-electron chi connectivity index (χ0n) is 14.5. The molecular weight excluding hydrogens is 328 g/mol. The minimum absolute atomic E-state index is 0.170. The van der Waals surface area contributed by atoms with Crippen LogP contribution in [0.25, 0.3) is 0 Å². The third-order valence-corrected chi connectivity index (χ3v) is 5.99. The number of nitrogens with one attached hydrogen (secondary N) is 1. The van der Waals surface area contributed by atoms with Gasteiger partial charge in [-0.2, -0.15) is 4.31 Å². The van der Waals surface area contributed by atoms with Gasteiger partial charge in [-0.15, -0.1) is 0 Å². The molecule has 1 amide bonds. The molecule has 2 rings (SSSR count). The number of hydrogen-bond acceptors (Lipinski definition) is 4. The Kier molecular flexibility index (Phi) is 6.37. The summed E-state index contributed by atoms with van der Waals surface area (Å²) in [6.45, 7) is 5.98. The van der Waals surface area contributed by atoms with Crippen LogP contribution in [0.3, 0.4) is 0 Å². The lowest BCUT2D eigenvalue weighted by Gasteiger charge is -2.34. The number of methoxy groups -OCH3 is 1. The van der Waals surface area contributed by atoms with Crippen LogP contribution in [-0.2, 0) is 14.8 Å². The highest BCUT2D eigenvalue weighted by molar-refractivity contribution is 7.89. The smallest absolute Gasteiger partial charge is 0.251 e. The Hall–Kier alpha value is -1.44. The fourth-order valence-corrected chi connectivity index (χ4v) is 4.84. The van der Waals surface area contributed by atoms with Crippen LogP contribution in [0.15, 0.2) is 29.2 Å². The molecule has 1 aromatic carbocycles. The number of benzene rings is 1. The SMILES string of the molecule is COCCNC(=O)c1cccc(S(=O)(=O)N2CC(C)CC(C)C2)c1. The number of piperidine rings is 1. The minimum atomic E-state index is -3.58. The predicted octanol–water partition coefficient (Wildman–Crippen LogP) is 1.73. The highest BCUT2D eigenvalue weighted by Crippen LogP contribution is 2.26. The number of rotatable bonds is 6. The van der Waals surface area contributed by atoms with Gasteiger partial charge < -0.3 is 10.1 Å². The van der Waals surface area contributed by atoms with Crippen molar-refractivity contribution in [1.29, 1.82) is 0 Å². The van der Waals surface area contributed by atoms with E-state index in [-0.39, 0.29) is 10.8 Å². The first-order valence-corrected chi connectivity index (χ1v) is 9.66. The molecule has 2 unspecified atom stereocenters. The summed E-state index contributed by atoms with van der Waals surface area (Å²) in [7, 11) is -2.02. The fraction of sp³-hybridized carbons (Fsp3) is 0.588. The molecule has 0 aromatic heterocycles. The van der Waals surface area contributed by atoms with E-state index in [4.69, 9.17) is 4.74 Å². The Morgan fingerprint density at radius 1 is 1.29 bits per heavy atom. The molecule has 1 N–H and O–H groups in total. The summed E-state index contributed by atoms with van der Waals surface area (Å²) in [5, 5.41) is 2.70. The summed E-state index contributed by atoms with van der Waals surface area (Å²) in [6, 6.07) is 6.21. The Labute approximate surface area is 144 Å². The fourth-order valence-electron chi connectivity index (χ4n) is 3.12. The van der Waals surface area contributed by atoms with Gasteiger partial charge in [-0.3, -0.25) is 4.79 Å². The number of carbonyl (C=O) groups excluding carboxylic acids is 1. The normalized spacial score (nSPS) is 22.3. The molecule has 24 heavy (non-hydrogen) atoms. The summed E-state index contributed by atoms with van der Waals surface area (Å²) in [5.74, 6) is 0.373. The van der Waals surface area contributed by atoms with Gasteiger partial charge in [0.25, 0.3) is 5.91 Å². The van der Waals surface area contributed by atoms with E-state index in [9.17, 15) is 13.2 Å². The molecule has 0 saturated carbocycles. The van der Waals surface area contributed by atoms with E-state index in [2.05, 4.69) is 19.2 Å². The third-order valence-electron chi connectivity index (χ3n) is 4.16. The molecule has 0 radical (unpaired) electrons. The van der Waals surface area contributed by atoms with Crippen molar-refractivity contribution in [3.63, 3.8) is 0 Å². The van der Waals surface area contributed by atoms with Gasteiger partial charge in [0.05, 0.1) is 11.5 Å². The first-order valence-electron chi connectivity index (χ1n) is 8.22. The molecule has 1 aliphatic heterocycles. The van der Waals surface area contributed by atoms with Crippen molar-refractivity contribution in [3.05, 3.63) is 29.8 Å². The first-order chi connectivity index (χ1) is 11.3. The van der Waals surface area contributed by atoms with Gasteiger partial charge in [-0.25, -0.2) is 8.42 Å². The van der Waals surface area contributed by atoms with Gasteiger partial charge in [-0.1, -0.05) is 19.9 Å². The second kappa shape index (κ2) is 8.09. The minimum Gasteiger partial charge on any atom is -0.383 e. The molecule has 0 spiro atoms. The molecule has 1 fully saturated rings. The lowest BCUT2D eigenvalue weighted by atomic mass is 9.94. The largest absolute Gasteiger partial charge is 0.383 e. The number of nitrogens with zero attached hydrogens (tertiary/aromatic N) is 1. The first kappa shape index (κ1) is 18.9. The summed E-state index contributed by atoms with van der Waals surface area (Å²) in [4.78, 5) is 12.3. The predicted molar refractivity (Wildman–Crippen MR) is 92.4 cm³/mol. The van der Waals surface area contributed by atoms with Crippen molar-refractivity contribution < 1.29 is 17.9 Å². The molecule has 2 atom stereocenters. The van der Waals surface area contributed by atoms with Crippen LogP contribution >= 0.6 is 0 Å². The molecule has 0 bridgehead atoms. The molecular formula is C17H26N2O4S. The molecule has 1 aromatic rings. The van der Waals surface area contributed by atoms with E-state index < -0.39 is 10.0 Å². The zero-order chi connectivity index (χ0) is 17.7. The van der Waals surface area contributed by atoms with Crippen LogP contribution < -0.4 is 5.32 Å².